The molecule has 0 aliphatic rings. The number of nitrogens with zero attached hydrogens (tertiary/aromatic N) is 3. The standard InChI is InChI=1S/C24H23N5.2ClH/c1-28(2)12-7-13-29-19-11-6-4-9-16(19)20-17-14-25-27-22(17)21-15-8-3-5-10-18(15)26-23(21)24(20)29;;/h3-6,8-11,14,25,27H,7,12-13H2,1-2H3;2*1H. The summed E-state index contributed by atoms with van der Waals surface area (Å²) in [6.45, 7) is 2.04. The van der Waals surface area contributed by atoms with Gasteiger partial charge in [0.2, 0.25) is 0 Å². The minimum atomic E-state index is 0. The Kier molecular flexibility index (Phi) is 5.60. The molecule has 160 valence electrons. The molecule has 0 atom stereocenters. The fourth-order valence-electron chi connectivity index (χ4n) is 4.82. The molecule has 0 saturated carbocycles. The molecule has 3 heterocycles. The van der Waals surface area contributed by atoms with Crippen LogP contribution in [0.2, 0.25) is 0 Å². The van der Waals surface area contributed by atoms with Crippen molar-refractivity contribution in [2.75, 3.05) is 20.6 Å². The lowest BCUT2D eigenvalue weighted by Gasteiger charge is -2.12. The van der Waals surface area contributed by atoms with E-state index in [9.17, 15) is 0 Å². The Labute approximate surface area is 192 Å². The SMILES string of the molecule is CN(C)CCCn1c2ccccc2c2c3c[nH][nH]c3c3c4ccccc4nc3c21.Cl.Cl. The molecular weight excluding hydrogens is 429 g/mol. The topological polar surface area (TPSA) is 52.6 Å². The number of hydrogen-bond donors (Lipinski definition) is 2. The fraction of sp³-hybridized carbons (Fsp3) is 0.208. The minimum absolute atomic E-state index is 0. The highest BCUT2D eigenvalue weighted by Gasteiger charge is 2.21. The van der Waals surface area contributed by atoms with Gasteiger partial charge in [-0.1, -0.05) is 36.4 Å². The molecule has 3 aromatic heterocycles. The van der Waals surface area contributed by atoms with Gasteiger partial charge in [0.15, 0.2) is 0 Å². The van der Waals surface area contributed by atoms with Gasteiger partial charge in [0.05, 0.1) is 22.1 Å². The van der Waals surface area contributed by atoms with E-state index in [0.29, 0.717) is 0 Å². The van der Waals surface area contributed by atoms with Crippen LogP contribution in [0.25, 0.3) is 54.5 Å². The molecule has 0 radical (unpaired) electrons. The van der Waals surface area contributed by atoms with Crippen LogP contribution in [0.3, 0.4) is 0 Å². The van der Waals surface area contributed by atoms with Crippen LogP contribution >= 0.6 is 24.8 Å². The fourth-order valence-corrected chi connectivity index (χ4v) is 4.82. The monoisotopic (exact) mass is 453 g/mol. The Morgan fingerprint density at radius 1 is 0.903 bits per heavy atom. The molecule has 0 fully saturated rings. The summed E-state index contributed by atoms with van der Waals surface area (Å²) in [5.41, 5.74) is 5.80. The van der Waals surface area contributed by atoms with Crippen molar-refractivity contribution in [1.82, 2.24) is 24.6 Å². The van der Waals surface area contributed by atoms with Crippen LogP contribution in [0.5, 0.6) is 0 Å². The highest BCUT2D eigenvalue weighted by Crippen LogP contribution is 2.42. The number of halogens is 2. The van der Waals surface area contributed by atoms with Crippen molar-refractivity contribution < 1.29 is 0 Å². The Morgan fingerprint density at radius 3 is 2.45 bits per heavy atom. The lowest BCUT2D eigenvalue weighted by atomic mass is 10.0. The van der Waals surface area contributed by atoms with Crippen LogP contribution in [0.4, 0.5) is 0 Å². The second-order valence-electron chi connectivity index (χ2n) is 8.10. The van der Waals surface area contributed by atoms with E-state index < -0.39 is 0 Å². The molecule has 6 aromatic rings. The largest absolute Gasteiger partial charge is 0.339 e. The van der Waals surface area contributed by atoms with E-state index in [2.05, 4.69) is 88.5 Å². The average molecular weight is 454 g/mol. The molecule has 0 amide bonds. The minimum Gasteiger partial charge on any atom is -0.339 e. The van der Waals surface area contributed by atoms with Gasteiger partial charge in [-0.2, -0.15) is 0 Å². The maximum absolute atomic E-state index is 5.11. The Morgan fingerprint density at radius 2 is 1.65 bits per heavy atom. The van der Waals surface area contributed by atoms with Gasteiger partial charge >= 0.3 is 0 Å². The van der Waals surface area contributed by atoms with Gasteiger partial charge in [-0.3, -0.25) is 0 Å². The molecule has 0 spiro atoms. The van der Waals surface area contributed by atoms with Crippen molar-refractivity contribution in [3.63, 3.8) is 0 Å². The van der Waals surface area contributed by atoms with Crippen molar-refractivity contribution in [2.45, 2.75) is 13.0 Å². The highest BCUT2D eigenvalue weighted by atomic mass is 35.5. The number of rotatable bonds is 4. The lowest BCUT2D eigenvalue weighted by Crippen LogP contribution is -2.15. The van der Waals surface area contributed by atoms with Gasteiger partial charge in [-0.05, 0) is 39.2 Å². The molecule has 0 saturated heterocycles. The maximum atomic E-state index is 5.11. The summed E-state index contributed by atoms with van der Waals surface area (Å²) in [7, 11) is 4.27. The molecule has 6 rings (SSSR count). The van der Waals surface area contributed by atoms with Crippen LogP contribution in [0.15, 0.2) is 54.7 Å². The quantitative estimate of drug-likeness (QED) is 0.338. The zero-order chi connectivity index (χ0) is 19.5. The van der Waals surface area contributed by atoms with Crippen LogP contribution in [-0.2, 0) is 6.54 Å². The molecule has 5 nitrogen and oxygen atoms in total. The third-order valence-corrected chi connectivity index (χ3v) is 6.03. The summed E-state index contributed by atoms with van der Waals surface area (Å²) in [5, 5.41) is 12.8. The Hall–Kier alpha value is -2.73. The number of fused-ring (bicyclic) bond motifs is 10. The van der Waals surface area contributed by atoms with E-state index in [1.807, 2.05) is 0 Å². The molecule has 2 N–H and O–H groups in total. The summed E-state index contributed by atoms with van der Waals surface area (Å²) < 4.78 is 2.48. The average Bonchev–Trinajstić information content (AvgIpc) is 3.41. The third-order valence-electron chi connectivity index (χ3n) is 6.03. The van der Waals surface area contributed by atoms with E-state index in [4.69, 9.17) is 4.98 Å². The van der Waals surface area contributed by atoms with Gasteiger partial charge in [-0.25, -0.2) is 4.98 Å². The Bertz CT molecular complexity index is 1520. The second kappa shape index (κ2) is 8.08. The number of aryl methyl sites for hydroxylation is 1. The van der Waals surface area contributed by atoms with Crippen LogP contribution in [-0.4, -0.2) is 45.3 Å². The number of benzene rings is 3. The van der Waals surface area contributed by atoms with E-state index in [-0.39, 0.29) is 24.8 Å². The van der Waals surface area contributed by atoms with E-state index in [1.165, 1.54) is 38.0 Å². The number of aromatic amines is 2. The van der Waals surface area contributed by atoms with Gasteiger partial charge in [0, 0.05) is 45.2 Å². The van der Waals surface area contributed by atoms with Gasteiger partial charge in [-0.15, -0.1) is 24.8 Å². The van der Waals surface area contributed by atoms with Crippen molar-refractivity contribution >= 4 is 79.3 Å². The number of hydrogen-bond acceptors (Lipinski definition) is 2. The molecule has 0 aliphatic carbocycles. The van der Waals surface area contributed by atoms with Gasteiger partial charge in [0.25, 0.3) is 0 Å². The maximum Gasteiger partial charge on any atom is 0.0981 e. The van der Waals surface area contributed by atoms with Crippen molar-refractivity contribution in [3.8, 4) is 0 Å². The molecule has 0 bridgehead atoms. The molecule has 7 heteroatoms. The first-order valence-electron chi connectivity index (χ1n) is 10.2. The van der Waals surface area contributed by atoms with Gasteiger partial charge < -0.3 is 19.7 Å². The molecule has 31 heavy (non-hydrogen) atoms. The first kappa shape index (κ1) is 21.5. The number of nitrogens with one attached hydrogen (secondary N) is 2. The molecule has 0 unspecified atom stereocenters. The predicted molar refractivity (Wildman–Crippen MR) is 136 cm³/mol. The summed E-state index contributed by atoms with van der Waals surface area (Å²) in [6.07, 6.45) is 3.19. The van der Waals surface area contributed by atoms with Crippen molar-refractivity contribution in [2.24, 2.45) is 0 Å². The smallest absolute Gasteiger partial charge is 0.0981 e. The Balaban J connectivity index is 0.00000116. The highest BCUT2D eigenvalue weighted by molar-refractivity contribution is 6.34. The van der Waals surface area contributed by atoms with Crippen LogP contribution in [0.1, 0.15) is 6.42 Å². The summed E-state index contributed by atoms with van der Waals surface area (Å²) in [4.78, 5) is 7.35. The number of para-hydroxylation sites is 2. The second-order valence-corrected chi connectivity index (χ2v) is 8.10. The predicted octanol–water partition coefficient (Wildman–Crippen LogP) is 6.10. The number of H-pyrrole nitrogens is 2. The molecular formula is C24H25Cl2N5. The van der Waals surface area contributed by atoms with E-state index in [1.54, 1.807) is 0 Å². The zero-order valence-electron chi connectivity index (χ0n) is 17.5. The molecule has 0 aliphatic heterocycles. The normalized spacial score (nSPS) is 11.7. The van der Waals surface area contributed by atoms with Crippen molar-refractivity contribution in [3.05, 3.63) is 54.7 Å². The summed E-state index contributed by atoms with van der Waals surface area (Å²) >= 11 is 0. The van der Waals surface area contributed by atoms with Crippen molar-refractivity contribution in [1.29, 1.82) is 0 Å². The zero-order valence-corrected chi connectivity index (χ0v) is 19.1. The summed E-state index contributed by atoms with van der Waals surface area (Å²) in [5.74, 6) is 0. The van der Waals surface area contributed by atoms with E-state index in [0.717, 1.165) is 36.1 Å². The van der Waals surface area contributed by atoms with Crippen LogP contribution < -0.4 is 0 Å². The lowest BCUT2D eigenvalue weighted by molar-refractivity contribution is 0.389. The van der Waals surface area contributed by atoms with E-state index >= 15 is 0 Å². The first-order chi connectivity index (χ1) is 14.2. The summed E-state index contributed by atoms with van der Waals surface area (Å²) in [6, 6.07) is 17.2. The van der Waals surface area contributed by atoms with Crippen LogP contribution in [0, 0.1) is 0 Å². The number of aromatic nitrogens is 4. The van der Waals surface area contributed by atoms with Gasteiger partial charge in [0.1, 0.15) is 0 Å². The third kappa shape index (κ3) is 3.07. The molecule has 3 aromatic carbocycles. The first-order valence-corrected chi connectivity index (χ1v) is 10.2.